The van der Waals surface area contributed by atoms with E-state index in [0.717, 1.165) is 11.1 Å². The highest BCUT2D eigenvalue weighted by Gasteiger charge is 2.31. The van der Waals surface area contributed by atoms with Crippen molar-refractivity contribution in [2.24, 2.45) is 7.05 Å². The molecule has 2 heterocycles. The molecule has 3 aromatic rings. The van der Waals surface area contributed by atoms with Crippen LogP contribution in [0.3, 0.4) is 0 Å². The molecule has 0 saturated heterocycles. The van der Waals surface area contributed by atoms with Gasteiger partial charge in [0.1, 0.15) is 17.0 Å². The lowest BCUT2D eigenvalue weighted by atomic mass is 10.1. The molecule has 0 aliphatic rings. The van der Waals surface area contributed by atoms with Crippen LogP contribution in [0.2, 0.25) is 0 Å². The Morgan fingerprint density at radius 2 is 1.89 bits per heavy atom. The lowest BCUT2D eigenvalue weighted by Gasteiger charge is -2.14. The van der Waals surface area contributed by atoms with Gasteiger partial charge in [0, 0.05) is 37.5 Å². The van der Waals surface area contributed by atoms with Crippen molar-refractivity contribution in [3.8, 4) is 22.8 Å². The first kappa shape index (κ1) is 19.9. The second kappa shape index (κ2) is 7.67. The van der Waals surface area contributed by atoms with E-state index in [1.54, 1.807) is 14.0 Å². The number of fused-ring (bicyclic) bond motifs is 1. The molecular weight excluding hydrogens is 375 g/mol. The van der Waals surface area contributed by atoms with Crippen LogP contribution >= 0.6 is 0 Å². The molecule has 0 aliphatic heterocycles. The van der Waals surface area contributed by atoms with Gasteiger partial charge in [-0.2, -0.15) is 0 Å². The number of benzene rings is 1. The molecule has 2 aromatic heterocycles. The van der Waals surface area contributed by atoms with Gasteiger partial charge in [-0.3, -0.25) is 0 Å². The summed E-state index contributed by atoms with van der Waals surface area (Å²) < 4.78 is 53.7. The molecule has 0 aliphatic carbocycles. The van der Waals surface area contributed by atoms with Crippen LogP contribution < -0.4 is 9.47 Å². The lowest BCUT2D eigenvalue weighted by Crippen LogP contribution is -2.17. The normalized spacial score (nSPS) is 11.8. The summed E-state index contributed by atoms with van der Waals surface area (Å²) in [5, 5.41) is 0. The summed E-state index contributed by atoms with van der Waals surface area (Å²) in [6.45, 7) is 2.37. The van der Waals surface area contributed by atoms with E-state index in [4.69, 9.17) is 14.5 Å². The van der Waals surface area contributed by atoms with Gasteiger partial charge in [0.05, 0.1) is 25.1 Å². The molecule has 0 saturated carbocycles. The van der Waals surface area contributed by atoms with Crippen molar-refractivity contribution < 1.29 is 27.4 Å². The maximum absolute atomic E-state index is 12.5. The monoisotopic (exact) mass is 395 g/mol. The van der Waals surface area contributed by atoms with Crippen molar-refractivity contribution in [1.82, 2.24) is 14.5 Å². The Hall–Kier alpha value is -2.81. The summed E-state index contributed by atoms with van der Waals surface area (Å²) >= 11 is 0. The first-order chi connectivity index (χ1) is 13.2. The molecule has 0 spiro atoms. The van der Waals surface area contributed by atoms with Gasteiger partial charge < -0.3 is 18.8 Å². The standard InChI is InChI=1S/C19H20F3N3O3/c1-11-16(14-6-5-13(9-15(14)27-4)28-19(20,21)22)24-18-17(23-11)12(7-8-26-3)10-25(18)2/h5-6,9-10H,7-8H2,1-4H3. The minimum Gasteiger partial charge on any atom is -0.496 e. The summed E-state index contributed by atoms with van der Waals surface area (Å²) in [5.74, 6) is -0.146. The molecule has 0 unspecified atom stereocenters. The molecule has 0 bridgehead atoms. The third kappa shape index (κ3) is 4.04. The predicted molar refractivity (Wildman–Crippen MR) is 97.5 cm³/mol. The highest BCUT2D eigenvalue weighted by atomic mass is 19.4. The maximum atomic E-state index is 12.5. The van der Waals surface area contributed by atoms with Crippen molar-refractivity contribution in [1.29, 1.82) is 0 Å². The van der Waals surface area contributed by atoms with E-state index in [0.29, 0.717) is 35.6 Å². The molecule has 3 rings (SSSR count). The van der Waals surface area contributed by atoms with Gasteiger partial charge in [0.2, 0.25) is 0 Å². The first-order valence-corrected chi connectivity index (χ1v) is 8.49. The molecule has 0 fully saturated rings. The van der Waals surface area contributed by atoms with E-state index < -0.39 is 6.36 Å². The number of methoxy groups -OCH3 is 2. The van der Waals surface area contributed by atoms with Gasteiger partial charge in [0.15, 0.2) is 5.65 Å². The number of halogens is 3. The Kier molecular flexibility index (Phi) is 5.46. The van der Waals surface area contributed by atoms with Gasteiger partial charge in [-0.25, -0.2) is 9.97 Å². The molecule has 0 atom stereocenters. The highest BCUT2D eigenvalue weighted by Crippen LogP contribution is 2.36. The van der Waals surface area contributed by atoms with Crippen LogP contribution in [0, 0.1) is 6.92 Å². The third-order valence-corrected chi connectivity index (χ3v) is 4.28. The molecular formula is C19H20F3N3O3. The Balaban J connectivity index is 2.08. The fourth-order valence-corrected chi connectivity index (χ4v) is 3.04. The number of rotatable bonds is 6. The smallest absolute Gasteiger partial charge is 0.496 e. The van der Waals surface area contributed by atoms with Crippen LogP contribution in [0.5, 0.6) is 11.5 Å². The number of aromatic nitrogens is 3. The van der Waals surface area contributed by atoms with Crippen LogP contribution in [0.4, 0.5) is 13.2 Å². The molecule has 9 heteroatoms. The fourth-order valence-electron chi connectivity index (χ4n) is 3.04. The third-order valence-electron chi connectivity index (χ3n) is 4.28. The van der Waals surface area contributed by atoms with Gasteiger partial charge in [-0.15, -0.1) is 13.2 Å². The average Bonchev–Trinajstić information content (AvgIpc) is 2.93. The second-order valence-electron chi connectivity index (χ2n) is 6.25. The van der Waals surface area contributed by atoms with E-state index in [2.05, 4.69) is 9.72 Å². The Labute approximate surface area is 159 Å². The van der Waals surface area contributed by atoms with Crippen LogP contribution in [-0.4, -0.2) is 41.7 Å². The average molecular weight is 395 g/mol. The van der Waals surface area contributed by atoms with Crippen LogP contribution in [0.15, 0.2) is 24.4 Å². The van der Waals surface area contributed by atoms with Crippen molar-refractivity contribution >= 4 is 11.2 Å². The zero-order valence-corrected chi connectivity index (χ0v) is 15.9. The molecule has 28 heavy (non-hydrogen) atoms. The Bertz CT molecular complexity index is 999. The zero-order chi connectivity index (χ0) is 20.5. The van der Waals surface area contributed by atoms with E-state index in [1.165, 1.54) is 25.3 Å². The van der Waals surface area contributed by atoms with Crippen LogP contribution in [0.25, 0.3) is 22.4 Å². The quantitative estimate of drug-likeness (QED) is 0.631. The largest absolute Gasteiger partial charge is 0.573 e. The molecule has 150 valence electrons. The maximum Gasteiger partial charge on any atom is 0.573 e. The predicted octanol–water partition coefficient (Wildman–Crippen LogP) is 4.04. The molecule has 0 amide bonds. The summed E-state index contributed by atoms with van der Waals surface area (Å²) in [5.41, 5.74) is 4.16. The Morgan fingerprint density at radius 1 is 1.14 bits per heavy atom. The summed E-state index contributed by atoms with van der Waals surface area (Å²) in [6.07, 6.45) is -2.12. The van der Waals surface area contributed by atoms with E-state index in [9.17, 15) is 13.2 Å². The molecule has 0 radical (unpaired) electrons. The van der Waals surface area contributed by atoms with Gasteiger partial charge in [-0.1, -0.05) is 0 Å². The van der Waals surface area contributed by atoms with Crippen molar-refractivity contribution in [2.45, 2.75) is 19.7 Å². The molecule has 1 aromatic carbocycles. The van der Waals surface area contributed by atoms with Crippen LogP contribution in [-0.2, 0) is 18.2 Å². The van der Waals surface area contributed by atoms with Crippen molar-refractivity contribution in [3.05, 3.63) is 35.7 Å². The lowest BCUT2D eigenvalue weighted by molar-refractivity contribution is -0.274. The zero-order valence-electron chi connectivity index (χ0n) is 15.9. The minimum atomic E-state index is -4.77. The second-order valence-corrected chi connectivity index (χ2v) is 6.25. The van der Waals surface area contributed by atoms with Gasteiger partial charge >= 0.3 is 6.36 Å². The number of hydrogen-bond donors (Lipinski definition) is 0. The Morgan fingerprint density at radius 3 is 2.54 bits per heavy atom. The summed E-state index contributed by atoms with van der Waals surface area (Å²) in [6, 6.07) is 3.90. The SMILES string of the molecule is COCCc1cn(C)c2nc(-c3ccc(OC(F)(F)F)cc3OC)c(C)nc12. The van der Waals surface area contributed by atoms with E-state index >= 15 is 0 Å². The van der Waals surface area contributed by atoms with Crippen molar-refractivity contribution in [3.63, 3.8) is 0 Å². The number of aryl methyl sites for hydroxylation is 2. The number of alkyl halides is 3. The van der Waals surface area contributed by atoms with Crippen molar-refractivity contribution in [2.75, 3.05) is 20.8 Å². The minimum absolute atomic E-state index is 0.215. The summed E-state index contributed by atoms with van der Waals surface area (Å²) in [4.78, 5) is 9.38. The van der Waals surface area contributed by atoms with Gasteiger partial charge in [0.25, 0.3) is 0 Å². The van der Waals surface area contributed by atoms with Crippen LogP contribution in [0.1, 0.15) is 11.3 Å². The molecule has 6 nitrogen and oxygen atoms in total. The summed E-state index contributed by atoms with van der Waals surface area (Å²) in [7, 11) is 4.88. The molecule has 0 N–H and O–H groups in total. The topological polar surface area (TPSA) is 58.4 Å². The number of nitrogens with zero attached hydrogens (tertiary/aromatic N) is 3. The first-order valence-electron chi connectivity index (χ1n) is 8.49. The highest BCUT2D eigenvalue weighted by molar-refractivity contribution is 5.81. The number of hydrogen-bond acceptors (Lipinski definition) is 5. The fraction of sp³-hybridized carbons (Fsp3) is 0.368. The van der Waals surface area contributed by atoms with Gasteiger partial charge in [-0.05, 0) is 25.5 Å². The van der Waals surface area contributed by atoms with E-state index in [1.807, 2.05) is 17.8 Å². The van der Waals surface area contributed by atoms with E-state index in [-0.39, 0.29) is 11.5 Å². The number of ether oxygens (including phenoxy) is 3.